The first kappa shape index (κ1) is 22.0. The number of hydrogen-bond donors (Lipinski definition) is 2. The van der Waals surface area contributed by atoms with Crippen molar-refractivity contribution in [2.75, 3.05) is 19.6 Å². The number of thiazole rings is 1. The molecule has 0 aromatic carbocycles. The molecule has 31 heavy (non-hydrogen) atoms. The van der Waals surface area contributed by atoms with E-state index in [0.29, 0.717) is 18.2 Å². The highest BCUT2D eigenvalue weighted by Gasteiger charge is 2.26. The molecule has 2 N–H and O–H groups in total. The summed E-state index contributed by atoms with van der Waals surface area (Å²) in [7, 11) is 0. The van der Waals surface area contributed by atoms with Gasteiger partial charge in [-0.15, -0.1) is 22.7 Å². The van der Waals surface area contributed by atoms with Gasteiger partial charge < -0.3 is 15.5 Å². The number of thiophene rings is 1. The minimum atomic E-state index is -0.124. The number of allylic oxidation sites excluding steroid dienone is 1. The van der Waals surface area contributed by atoms with Crippen LogP contribution >= 0.6 is 22.7 Å². The van der Waals surface area contributed by atoms with E-state index in [1.165, 1.54) is 31.3 Å². The fourth-order valence-electron chi connectivity index (χ4n) is 4.15. The topological polar surface area (TPSA) is 74.3 Å². The maximum Gasteiger partial charge on any atom is 0.317 e. The molecule has 1 aliphatic heterocycles. The van der Waals surface area contributed by atoms with Crippen LogP contribution in [0.3, 0.4) is 0 Å². The quantitative estimate of drug-likeness (QED) is 0.579. The molecule has 6 nitrogen and oxygen atoms in total. The molecule has 2 aromatic heterocycles. The van der Waals surface area contributed by atoms with E-state index in [4.69, 9.17) is 0 Å². The van der Waals surface area contributed by atoms with Gasteiger partial charge in [0.2, 0.25) is 0 Å². The average molecular weight is 459 g/mol. The van der Waals surface area contributed by atoms with Crippen LogP contribution in [0.5, 0.6) is 0 Å². The van der Waals surface area contributed by atoms with Crippen LogP contribution in [0.15, 0.2) is 34.5 Å². The molecule has 0 spiro atoms. The van der Waals surface area contributed by atoms with Crippen LogP contribution in [0, 0.1) is 0 Å². The van der Waals surface area contributed by atoms with E-state index in [0.717, 1.165) is 48.8 Å². The molecule has 0 saturated carbocycles. The third-order valence-corrected chi connectivity index (χ3v) is 7.88. The molecule has 8 heteroatoms. The van der Waals surface area contributed by atoms with E-state index >= 15 is 0 Å². The summed E-state index contributed by atoms with van der Waals surface area (Å²) in [6, 6.07) is 4.03. The molecular weight excluding hydrogens is 428 g/mol. The van der Waals surface area contributed by atoms with Gasteiger partial charge in [0.05, 0.1) is 11.6 Å². The van der Waals surface area contributed by atoms with Crippen LogP contribution in [0.1, 0.15) is 71.2 Å². The van der Waals surface area contributed by atoms with Gasteiger partial charge >= 0.3 is 6.03 Å². The van der Waals surface area contributed by atoms with E-state index in [1.807, 2.05) is 27.8 Å². The van der Waals surface area contributed by atoms with Crippen molar-refractivity contribution in [1.82, 2.24) is 20.5 Å². The Labute approximate surface area is 191 Å². The normalized spacial score (nSPS) is 17.3. The summed E-state index contributed by atoms with van der Waals surface area (Å²) >= 11 is 3.18. The van der Waals surface area contributed by atoms with Crippen molar-refractivity contribution in [2.45, 2.75) is 57.4 Å². The van der Waals surface area contributed by atoms with E-state index in [-0.39, 0.29) is 11.9 Å². The van der Waals surface area contributed by atoms with E-state index in [9.17, 15) is 9.59 Å². The number of aromatic nitrogens is 1. The van der Waals surface area contributed by atoms with Crippen LogP contribution in [0.2, 0.25) is 0 Å². The zero-order valence-electron chi connectivity index (χ0n) is 17.8. The van der Waals surface area contributed by atoms with Gasteiger partial charge in [-0.25, -0.2) is 9.78 Å². The van der Waals surface area contributed by atoms with Crippen molar-refractivity contribution < 1.29 is 9.59 Å². The van der Waals surface area contributed by atoms with Gasteiger partial charge in [0.15, 0.2) is 0 Å². The lowest BCUT2D eigenvalue weighted by Gasteiger charge is -2.31. The number of hydrogen-bond acceptors (Lipinski definition) is 5. The lowest BCUT2D eigenvalue weighted by Crippen LogP contribution is -2.44. The largest absolute Gasteiger partial charge is 0.346 e. The number of likely N-dealkylation sites (tertiary alicyclic amines) is 1. The van der Waals surface area contributed by atoms with Crippen LogP contribution in [-0.2, 0) is 6.54 Å². The molecule has 0 radical (unpaired) electrons. The van der Waals surface area contributed by atoms with Gasteiger partial charge in [-0.3, -0.25) is 4.79 Å². The fourth-order valence-corrected chi connectivity index (χ4v) is 5.77. The Morgan fingerprint density at radius 1 is 1.16 bits per heavy atom. The van der Waals surface area contributed by atoms with Crippen LogP contribution in [0.25, 0.3) is 0 Å². The van der Waals surface area contributed by atoms with Crippen molar-refractivity contribution in [2.24, 2.45) is 0 Å². The molecule has 3 amide bonds. The molecule has 2 aromatic rings. The molecular formula is C23H30N4O2S2. The van der Waals surface area contributed by atoms with Crippen molar-refractivity contribution in [1.29, 1.82) is 0 Å². The van der Waals surface area contributed by atoms with Gasteiger partial charge in [0, 0.05) is 35.8 Å². The predicted octanol–water partition coefficient (Wildman–Crippen LogP) is 4.91. The summed E-state index contributed by atoms with van der Waals surface area (Å²) in [5, 5.41) is 10.9. The first-order valence-corrected chi connectivity index (χ1v) is 12.9. The Kier molecular flexibility index (Phi) is 7.75. The molecule has 1 aliphatic carbocycles. The number of amides is 3. The molecule has 3 heterocycles. The third kappa shape index (κ3) is 6.17. The van der Waals surface area contributed by atoms with Gasteiger partial charge in [-0.2, -0.15) is 0 Å². The van der Waals surface area contributed by atoms with Gasteiger partial charge in [0.1, 0.15) is 5.69 Å². The average Bonchev–Trinajstić information content (AvgIpc) is 3.51. The first-order valence-electron chi connectivity index (χ1n) is 11.2. The minimum absolute atomic E-state index is 0.0441. The second-order valence-electron chi connectivity index (χ2n) is 8.18. The summed E-state index contributed by atoms with van der Waals surface area (Å²) in [6.07, 6.45) is 10.0. The Morgan fingerprint density at radius 3 is 2.77 bits per heavy atom. The van der Waals surface area contributed by atoms with Crippen molar-refractivity contribution in [3.05, 3.63) is 50.1 Å². The van der Waals surface area contributed by atoms with E-state index < -0.39 is 0 Å². The highest BCUT2D eigenvalue weighted by molar-refractivity contribution is 7.10. The second-order valence-corrected chi connectivity index (χ2v) is 10.1. The minimum Gasteiger partial charge on any atom is -0.346 e. The number of rotatable bonds is 7. The number of carbonyl (C=O) groups is 2. The SMILES string of the molecule is O=C(NCc1cccs1)c1csc(C2CCN(C(=O)NCCC3=CCCCC3)CC2)n1. The fraction of sp³-hybridized carbons (Fsp3) is 0.522. The number of carbonyl (C=O) groups excluding carboxylic acids is 2. The smallest absolute Gasteiger partial charge is 0.317 e. The van der Waals surface area contributed by atoms with Crippen LogP contribution < -0.4 is 10.6 Å². The Balaban J connectivity index is 1.19. The highest BCUT2D eigenvalue weighted by atomic mass is 32.1. The lowest BCUT2D eigenvalue weighted by atomic mass is 9.97. The third-order valence-electron chi connectivity index (χ3n) is 6.00. The molecule has 0 atom stereocenters. The van der Waals surface area contributed by atoms with Crippen molar-refractivity contribution >= 4 is 34.6 Å². The molecule has 166 valence electrons. The summed E-state index contributed by atoms with van der Waals surface area (Å²) in [6.45, 7) is 2.73. The molecule has 1 fully saturated rings. The summed E-state index contributed by atoms with van der Waals surface area (Å²) in [5.74, 6) is 0.195. The van der Waals surface area contributed by atoms with E-state index in [1.54, 1.807) is 22.7 Å². The van der Waals surface area contributed by atoms with Gasteiger partial charge in [-0.05, 0) is 56.4 Å². The molecule has 0 unspecified atom stereocenters. The van der Waals surface area contributed by atoms with Crippen molar-refractivity contribution in [3.63, 3.8) is 0 Å². The Bertz CT molecular complexity index is 899. The number of nitrogens with one attached hydrogen (secondary N) is 2. The zero-order valence-corrected chi connectivity index (χ0v) is 19.4. The maximum atomic E-state index is 12.5. The molecule has 4 rings (SSSR count). The monoisotopic (exact) mass is 458 g/mol. The first-order chi connectivity index (χ1) is 15.2. The number of piperidine rings is 1. The summed E-state index contributed by atoms with van der Waals surface area (Å²) in [4.78, 5) is 32.5. The van der Waals surface area contributed by atoms with Gasteiger partial charge in [0.25, 0.3) is 5.91 Å². The van der Waals surface area contributed by atoms with Crippen LogP contribution in [0.4, 0.5) is 4.79 Å². The van der Waals surface area contributed by atoms with E-state index in [2.05, 4.69) is 21.7 Å². The van der Waals surface area contributed by atoms with Gasteiger partial charge in [-0.1, -0.05) is 17.7 Å². The maximum absolute atomic E-state index is 12.5. The zero-order chi connectivity index (χ0) is 21.5. The molecule has 0 bridgehead atoms. The molecule has 2 aliphatic rings. The highest BCUT2D eigenvalue weighted by Crippen LogP contribution is 2.30. The standard InChI is InChI=1S/C23H30N4O2S2/c28-21(25-15-19-7-4-14-30-19)20-16-31-22(26-20)18-9-12-27(13-10-18)23(29)24-11-8-17-5-2-1-3-6-17/h4-5,7,14,16,18H,1-3,6,8-13,15H2,(H,24,29)(H,25,28). The Morgan fingerprint density at radius 2 is 2.03 bits per heavy atom. The predicted molar refractivity (Wildman–Crippen MR) is 126 cm³/mol. The van der Waals surface area contributed by atoms with Crippen LogP contribution in [-0.4, -0.2) is 41.5 Å². The lowest BCUT2D eigenvalue weighted by molar-refractivity contribution is 0.0946. The number of nitrogens with zero attached hydrogens (tertiary/aromatic N) is 2. The Hall–Kier alpha value is -2.19. The molecule has 1 saturated heterocycles. The van der Waals surface area contributed by atoms with Crippen molar-refractivity contribution in [3.8, 4) is 0 Å². The second kappa shape index (κ2) is 10.9. The summed E-state index contributed by atoms with van der Waals surface area (Å²) < 4.78 is 0. The summed E-state index contributed by atoms with van der Waals surface area (Å²) in [5.41, 5.74) is 1.98. The number of urea groups is 1.